The van der Waals surface area contributed by atoms with Gasteiger partial charge in [-0.2, -0.15) is 0 Å². The number of carbonyl (C=O) groups is 1. The van der Waals surface area contributed by atoms with E-state index in [-0.39, 0.29) is 5.91 Å². The van der Waals surface area contributed by atoms with Crippen LogP contribution in [0.3, 0.4) is 0 Å². The first-order chi connectivity index (χ1) is 6.97. The molecule has 1 atom stereocenters. The molecule has 0 aromatic heterocycles. The van der Waals surface area contributed by atoms with E-state index in [0.29, 0.717) is 18.4 Å². The van der Waals surface area contributed by atoms with Crippen molar-refractivity contribution in [1.29, 1.82) is 0 Å². The third kappa shape index (κ3) is 7.37. The van der Waals surface area contributed by atoms with E-state index >= 15 is 0 Å². The van der Waals surface area contributed by atoms with Gasteiger partial charge in [0, 0.05) is 12.5 Å². The van der Waals surface area contributed by atoms with Gasteiger partial charge in [0.1, 0.15) is 0 Å². The predicted octanol–water partition coefficient (Wildman–Crippen LogP) is 1.88. The number of hydrogen-bond donors (Lipinski definition) is 1. The fourth-order valence-corrected chi connectivity index (χ4v) is 1.51. The van der Waals surface area contributed by atoms with Gasteiger partial charge in [-0.3, -0.25) is 4.79 Å². The minimum absolute atomic E-state index is 0.165. The van der Waals surface area contributed by atoms with Gasteiger partial charge in [0.2, 0.25) is 5.91 Å². The largest absolute Gasteiger partial charge is 0.353 e. The first-order valence-corrected chi connectivity index (χ1v) is 5.91. The first-order valence-electron chi connectivity index (χ1n) is 5.91. The Kier molecular flexibility index (Phi) is 7.39. The maximum Gasteiger partial charge on any atom is 0.219 e. The number of amides is 1. The third-order valence-electron chi connectivity index (χ3n) is 2.59. The maximum absolute atomic E-state index is 11.3. The van der Waals surface area contributed by atoms with E-state index < -0.39 is 0 Å². The summed E-state index contributed by atoms with van der Waals surface area (Å²) in [5.41, 5.74) is 0. The van der Waals surface area contributed by atoms with Gasteiger partial charge in [-0.05, 0) is 39.4 Å². The van der Waals surface area contributed by atoms with Gasteiger partial charge in [0.15, 0.2) is 0 Å². The van der Waals surface area contributed by atoms with Crippen LogP contribution in [0.1, 0.15) is 40.0 Å². The normalized spacial score (nSPS) is 13.3. The molecule has 0 aliphatic carbocycles. The molecule has 0 rings (SSSR count). The monoisotopic (exact) mass is 214 g/mol. The Morgan fingerprint density at radius 1 is 1.33 bits per heavy atom. The van der Waals surface area contributed by atoms with E-state index in [1.54, 1.807) is 0 Å². The van der Waals surface area contributed by atoms with Crippen molar-refractivity contribution in [3.8, 4) is 0 Å². The molecule has 0 saturated heterocycles. The van der Waals surface area contributed by atoms with Gasteiger partial charge in [-0.1, -0.05) is 20.8 Å². The molecular weight excluding hydrogens is 188 g/mol. The zero-order valence-electron chi connectivity index (χ0n) is 10.8. The average molecular weight is 214 g/mol. The molecule has 0 aromatic carbocycles. The molecular formula is C12H26N2O. The molecule has 0 aliphatic rings. The minimum atomic E-state index is 0.165. The molecule has 3 nitrogen and oxygen atoms in total. The number of hydrogen-bond acceptors (Lipinski definition) is 2. The van der Waals surface area contributed by atoms with E-state index in [4.69, 9.17) is 0 Å². The van der Waals surface area contributed by atoms with Crippen LogP contribution in [0.15, 0.2) is 0 Å². The number of carbonyl (C=O) groups excluding carboxylic acids is 1. The van der Waals surface area contributed by atoms with Crippen LogP contribution < -0.4 is 5.32 Å². The van der Waals surface area contributed by atoms with E-state index in [2.05, 4.69) is 38.2 Å². The molecule has 0 radical (unpaired) electrons. The van der Waals surface area contributed by atoms with Crippen molar-refractivity contribution >= 4 is 5.91 Å². The van der Waals surface area contributed by atoms with E-state index in [1.165, 1.54) is 0 Å². The van der Waals surface area contributed by atoms with Crippen molar-refractivity contribution in [2.45, 2.75) is 46.1 Å². The first kappa shape index (κ1) is 14.4. The quantitative estimate of drug-likeness (QED) is 0.702. The van der Waals surface area contributed by atoms with Crippen LogP contribution in [0.4, 0.5) is 0 Å². The Balaban J connectivity index is 3.89. The highest BCUT2D eigenvalue weighted by Crippen LogP contribution is 2.09. The van der Waals surface area contributed by atoms with Crippen LogP contribution in [0.25, 0.3) is 0 Å². The van der Waals surface area contributed by atoms with Crippen LogP contribution in [0, 0.1) is 5.92 Å². The third-order valence-corrected chi connectivity index (χ3v) is 2.59. The summed E-state index contributed by atoms with van der Waals surface area (Å²) in [7, 11) is 4.16. The van der Waals surface area contributed by atoms with Crippen molar-refractivity contribution in [3.63, 3.8) is 0 Å². The van der Waals surface area contributed by atoms with Crippen molar-refractivity contribution in [2.75, 3.05) is 20.6 Å². The molecule has 90 valence electrons. The van der Waals surface area contributed by atoms with Gasteiger partial charge >= 0.3 is 0 Å². The second-order valence-electron chi connectivity index (χ2n) is 4.72. The molecule has 0 fully saturated rings. The number of rotatable bonds is 7. The number of nitrogens with zero attached hydrogens (tertiary/aromatic N) is 1. The zero-order valence-corrected chi connectivity index (χ0v) is 10.8. The number of nitrogens with one attached hydrogen (secondary N) is 1. The lowest BCUT2D eigenvalue weighted by Crippen LogP contribution is -2.38. The minimum Gasteiger partial charge on any atom is -0.353 e. The standard InChI is InChI=1S/C12H26N2O/c1-6-12(15)13-11(10(2)3)8-7-9-14(4)5/h10-11H,6-9H2,1-5H3,(H,13,15)/t11-/m1/s1. The van der Waals surface area contributed by atoms with E-state index in [0.717, 1.165) is 19.4 Å². The summed E-state index contributed by atoms with van der Waals surface area (Å²) < 4.78 is 0. The molecule has 3 heteroatoms. The van der Waals surface area contributed by atoms with Crippen molar-refractivity contribution in [2.24, 2.45) is 5.92 Å². The van der Waals surface area contributed by atoms with Crippen molar-refractivity contribution < 1.29 is 4.79 Å². The molecule has 1 amide bonds. The fraction of sp³-hybridized carbons (Fsp3) is 0.917. The van der Waals surface area contributed by atoms with Gasteiger partial charge in [0.05, 0.1) is 0 Å². The Hall–Kier alpha value is -0.570. The lowest BCUT2D eigenvalue weighted by atomic mass is 9.99. The summed E-state index contributed by atoms with van der Waals surface area (Å²) in [6.45, 7) is 7.31. The Morgan fingerprint density at radius 3 is 2.33 bits per heavy atom. The fourth-order valence-electron chi connectivity index (χ4n) is 1.51. The van der Waals surface area contributed by atoms with Crippen LogP contribution in [-0.4, -0.2) is 37.5 Å². The summed E-state index contributed by atoms with van der Waals surface area (Å²) in [6, 6.07) is 0.331. The van der Waals surface area contributed by atoms with Gasteiger partial charge < -0.3 is 10.2 Å². The van der Waals surface area contributed by atoms with Crippen LogP contribution in [0.5, 0.6) is 0 Å². The van der Waals surface area contributed by atoms with E-state index in [9.17, 15) is 4.79 Å². The second-order valence-corrected chi connectivity index (χ2v) is 4.72. The molecule has 0 spiro atoms. The highest BCUT2D eigenvalue weighted by molar-refractivity contribution is 5.75. The summed E-state index contributed by atoms with van der Waals surface area (Å²) >= 11 is 0. The summed E-state index contributed by atoms with van der Waals surface area (Å²) in [4.78, 5) is 13.5. The molecule has 1 N–H and O–H groups in total. The molecule has 0 aromatic rings. The van der Waals surface area contributed by atoms with Crippen LogP contribution in [0.2, 0.25) is 0 Å². The average Bonchev–Trinajstić information content (AvgIpc) is 2.15. The Morgan fingerprint density at radius 2 is 1.93 bits per heavy atom. The molecule has 0 bridgehead atoms. The summed E-state index contributed by atoms with van der Waals surface area (Å²) in [6.07, 6.45) is 2.79. The van der Waals surface area contributed by atoms with Crippen LogP contribution >= 0.6 is 0 Å². The molecule has 0 unspecified atom stereocenters. The highest BCUT2D eigenvalue weighted by Gasteiger charge is 2.14. The van der Waals surface area contributed by atoms with Gasteiger partial charge in [0.25, 0.3) is 0 Å². The maximum atomic E-state index is 11.3. The lowest BCUT2D eigenvalue weighted by molar-refractivity contribution is -0.121. The summed E-state index contributed by atoms with van der Waals surface area (Å²) in [5.74, 6) is 0.682. The molecule has 0 aliphatic heterocycles. The molecule has 15 heavy (non-hydrogen) atoms. The summed E-state index contributed by atoms with van der Waals surface area (Å²) in [5, 5.41) is 3.08. The second kappa shape index (κ2) is 7.69. The SMILES string of the molecule is CCC(=O)N[C@H](CCCN(C)C)C(C)C. The van der Waals surface area contributed by atoms with Crippen molar-refractivity contribution in [3.05, 3.63) is 0 Å². The smallest absolute Gasteiger partial charge is 0.219 e. The Bertz CT molecular complexity index is 178. The molecule has 0 heterocycles. The topological polar surface area (TPSA) is 32.3 Å². The predicted molar refractivity (Wildman–Crippen MR) is 64.8 cm³/mol. The molecule has 0 saturated carbocycles. The van der Waals surface area contributed by atoms with Gasteiger partial charge in [-0.15, -0.1) is 0 Å². The van der Waals surface area contributed by atoms with Crippen molar-refractivity contribution in [1.82, 2.24) is 10.2 Å². The lowest BCUT2D eigenvalue weighted by Gasteiger charge is -2.23. The highest BCUT2D eigenvalue weighted by atomic mass is 16.1. The van der Waals surface area contributed by atoms with Gasteiger partial charge in [-0.25, -0.2) is 0 Å². The van der Waals surface area contributed by atoms with Crippen LogP contribution in [-0.2, 0) is 4.79 Å². The van der Waals surface area contributed by atoms with E-state index in [1.807, 2.05) is 6.92 Å². The Labute approximate surface area is 94.2 Å². The zero-order chi connectivity index (χ0) is 11.8.